The van der Waals surface area contributed by atoms with Crippen LogP contribution in [0.4, 0.5) is 17.1 Å². The summed E-state index contributed by atoms with van der Waals surface area (Å²) in [6.07, 6.45) is 2.01. The number of rotatable bonds is 5. The van der Waals surface area contributed by atoms with Gasteiger partial charge >= 0.3 is 0 Å². The second-order valence-electron chi connectivity index (χ2n) is 9.95. The van der Waals surface area contributed by atoms with Gasteiger partial charge in [-0.1, -0.05) is 48.9 Å². The van der Waals surface area contributed by atoms with E-state index in [0.29, 0.717) is 30.8 Å². The molecule has 6 rings (SSSR count). The van der Waals surface area contributed by atoms with Gasteiger partial charge in [-0.2, -0.15) is 0 Å². The molecule has 0 saturated heterocycles. The number of carbonyl (C=O) groups excluding carboxylic acids is 4. The second-order valence-corrected chi connectivity index (χ2v) is 9.95. The number of para-hydroxylation sites is 2. The normalized spacial score (nSPS) is 20.0. The third kappa shape index (κ3) is 4.04. The summed E-state index contributed by atoms with van der Waals surface area (Å²) < 4.78 is 0. The number of benzene rings is 3. The van der Waals surface area contributed by atoms with E-state index in [0.717, 1.165) is 29.0 Å². The summed E-state index contributed by atoms with van der Waals surface area (Å²) in [6, 6.07) is 19.9. The lowest BCUT2D eigenvalue weighted by Gasteiger charge is -2.31. The van der Waals surface area contributed by atoms with Crippen LogP contribution in [0.1, 0.15) is 45.5 Å². The predicted molar refractivity (Wildman–Crippen MR) is 141 cm³/mol. The monoisotopic (exact) mass is 524 g/mol. The minimum absolute atomic E-state index is 0.0256. The number of fused-ring (bicyclic) bond motifs is 3. The first-order valence-corrected chi connectivity index (χ1v) is 12.8. The quantitative estimate of drug-likeness (QED) is 0.283. The van der Waals surface area contributed by atoms with Crippen LogP contribution in [0.25, 0.3) is 0 Å². The van der Waals surface area contributed by atoms with E-state index in [1.54, 1.807) is 28.0 Å². The molecule has 2 aliphatic heterocycles. The molecule has 4 amide bonds. The van der Waals surface area contributed by atoms with Crippen molar-refractivity contribution in [1.29, 1.82) is 0 Å². The first kappa shape index (κ1) is 24.5. The molecule has 10 nitrogen and oxygen atoms in total. The smallest absolute Gasteiger partial charge is 0.270 e. The van der Waals surface area contributed by atoms with E-state index in [1.165, 1.54) is 6.07 Å². The molecule has 3 aliphatic rings. The van der Waals surface area contributed by atoms with Crippen molar-refractivity contribution in [3.63, 3.8) is 0 Å². The van der Waals surface area contributed by atoms with E-state index in [2.05, 4.69) is 0 Å². The predicted octanol–water partition coefficient (Wildman–Crippen LogP) is 3.94. The average molecular weight is 525 g/mol. The Hall–Kier alpha value is -4.86. The first-order valence-electron chi connectivity index (χ1n) is 12.8. The van der Waals surface area contributed by atoms with E-state index >= 15 is 0 Å². The summed E-state index contributed by atoms with van der Waals surface area (Å²) in [5.41, 5.74) is 1.71. The van der Waals surface area contributed by atoms with Crippen LogP contribution in [0.5, 0.6) is 0 Å². The summed E-state index contributed by atoms with van der Waals surface area (Å²) in [7, 11) is 0. The van der Waals surface area contributed by atoms with E-state index in [1.807, 2.05) is 36.4 Å². The van der Waals surface area contributed by atoms with Crippen molar-refractivity contribution in [2.24, 2.45) is 5.92 Å². The third-order valence-corrected chi connectivity index (χ3v) is 7.74. The highest BCUT2D eigenvalue weighted by molar-refractivity contribution is 6.23. The Morgan fingerprint density at radius 1 is 0.846 bits per heavy atom. The number of anilines is 2. The van der Waals surface area contributed by atoms with Gasteiger partial charge in [0.25, 0.3) is 17.5 Å². The lowest BCUT2D eigenvalue weighted by molar-refractivity contribution is -0.384. The van der Waals surface area contributed by atoms with Crippen LogP contribution in [0.3, 0.4) is 0 Å². The molecule has 1 saturated carbocycles. The maximum absolute atomic E-state index is 13.9. The van der Waals surface area contributed by atoms with E-state index in [-0.39, 0.29) is 22.7 Å². The van der Waals surface area contributed by atoms with Crippen molar-refractivity contribution < 1.29 is 24.1 Å². The molecule has 0 aromatic heterocycles. The molecule has 3 aromatic carbocycles. The van der Waals surface area contributed by atoms with Crippen molar-refractivity contribution in [2.75, 3.05) is 16.3 Å². The Morgan fingerprint density at radius 3 is 2.28 bits per heavy atom. The zero-order chi connectivity index (χ0) is 27.3. The molecule has 2 heterocycles. The molecule has 1 fully saturated rings. The minimum Gasteiger partial charge on any atom is -0.306 e. The molecule has 196 valence electrons. The average Bonchev–Trinajstić information content (AvgIpc) is 3.49. The van der Waals surface area contributed by atoms with Gasteiger partial charge in [0.2, 0.25) is 11.8 Å². The third-order valence-electron chi connectivity index (χ3n) is 7.74. The van der Waals surface area contributed by atoms with Crippen molar-refractivity contribution in [3.05, 3.63) is 99.6 Å². The maximum Gasteiger partial charge on any atom is 0.270 e. The van der Waals surface area contributed by atoms with Crippen LogP contribution < -0.4 is 9.80 Å². The van der Waals surface area contributed by atoms with Gasteiger partial charge in [-0.25, -0.2) is 0 Å². The molecule has 1 aliphatic carbocycles. The largest absolute Gasteiger partial charge is 0.306 e. The number of carbonyl (C=O) groups is 4. The highest BCUT2D eigenvalue weighted by atomic mass is 16.6. The highest BCUT2D eigenvalue weighted by Crippen LogP contribution is 2.43. The Bertz CT molecular complexity index is 1540. The molecule has 10 heteroatoms. The number of imide groups is 1. The molecule has 39 heavy (non-hydrogen) atoms. The Morgan fingerprint density at radius 2 is 1.54 bits per heavy atom. The van der Waals surface area contributed by atoms with Crippen LogP contribution in [0.2, 0.25) is 0 Å². The van der Waals surface area contributed by atoms with Gasteiger partial charge in [0.1, 0.15) is 6.54 Å². The van der Waals surface area contributed by atoms with Gasteiger partial charge in [0, 0.05) is 18.2 Å². The molecule has 3 aromatic rings. The maximum atomic E-state index is 13.9. The SMILES string of the molecule is O=C1c2ccc([N+](=O)[O-])cc2C(=O)N1CC(=O)N1c2ccccc2N(Cc2ccccc2)C(=O)[C@H]2CCC[C@H]21. The molecule has 0 spiro atoms. The summed E-state index contributed by atoms with van der Waals surface area (Å²) in [5.74, 6) is -2.39. The number of nitro groups is 1. The van der Waals surface area contributed by atoms with Crippen LogP contribution >= 0.6 is 0 Å². The van der Waals surface area contributed by atoms with Gasteiger partial charge in [-0.15, -0.1) is 0 Å². The Kier molecular flexibility index (Phi) is 5.94. The van der Waals surface area contributed by atoms with Crippen molar-refractivity contribution >= 4 is 40.7 Å². The van der Waals surface area contributed by atoms with Gasteiger partial charge in [0.15, 0.2) is 0 Å². The molecule has 0 N–H and O–H groups in total. The summed E-state index contributed by atoms with van der Waals surface area (Å²) in [6.45, 7) is -0.191. The number of nitro benzene ring substituents is 1. The number of hydrogen-bond acceptors (Lipinski definition) is 6. The number of hydrogen-bond donors (Lipinski definition) is 0. The van der Waals surface area contributed by atoms with Gasteiger partial charge in [-0.05, 0) is 36.6 Å². The van der Waals surface area contributed by atoms with Crippen LogP contribution in [-0.4, -0.2) is 46.0 Å². The molecule has 2 atom stereocenters. The Labute approximate surface area is 223 Å². The number of non-ortho nitro benzene ring substituents is 1. The summed E-state index contributed by atoms with van der Waals surface area (Å²) in [5, 5.41) is 11.2. The van der Waals surface area contributed by atoms with E-state index in [4.69, 9.17) is 0 Å². The fourth-order valence-electron chi connectivity index (χ4n) is 5.93. The van der Waals surface area contributed by atoms with Crippen LogP contribution in [0, 0.1) is 16.0 Å². The summed E-state index contributed by atoms with van der Waals surface area (Å²) in [4.78, 5) is 68.6. The number of amides is 4. The highest BCUT2D eigenvalue weighted by Gasteiger charge is 2.47. The number of nitrogens with zero attached hydrogens (tertiary/aromatic N) is 4. The van der Waals surface area contributed by atoms with Gasteiger partial charge in [-0.3, -0.25) is 34.2 Å². The van der Waals surface area contributed by atoms with E-state index < -0.39 is 41.1 Å². The second kappa shape index (κ2) is 9.46. The van der Waals surface area contributed by atoms with Crippen LogP contribution in [-0.2, 0) is 16.1 Å². The minimum atomic E-state index is -0.750. The Balaban J connectivity index is 1.35. The van der Waals surface area contributed by atoms with E-state index in [9.17, 15) is 29.3 Å². The lowest BCUT2D eigenvalue weighted by atomic mass is 10.0. The zero-order valence-corrected chi connectivity index (χ0v) is 20.9. The fraction of sp³-hybridized carbons (Fsp3) is 0.241. The molecular formula is C29H24N4O6. The van der Waals surface area contributed by atoms with Crippen molar-refractivity contribution in [3.8, 4) is 0 Å². The van der Waals surface area contributed by atoms with Crippen molar-refractivity contribution in [1.82, 2.24) is 4.90 Å². The van der Waals surface area contributed by atoms with Crippen molar-refractivity contribution in [2.45, 2.75) is 31.8 Å². The molecule has 0 radical (unpaired) electrons. The summed E-state index contributed by atoms with van der Waals surface area (Å²) >= 11 is 0. The molecular weight excluding hydrogens is 500 g/mol. The standard InChI is InChI=1S/C29H24N4O6/c34-26(17-31-27(35)20-14-13-19(33(38)39)15-22(20)29(31)37)32-23-12-6-9-21(23)28(36)30(16-18-7-2-1-3-8-18)24-10-4-5-11-25(24)32/h1-5,7-8,10-11,13-15,21,23H,6,9,12,16-17H2/t21-,23+/m0/s1. The first-order chi connectivity index (χ1) is 18.8. The fourth-order valence-corrected chi connectivity index (χ4v) is 5.93. The molecule has 0 bridgehead atoms. The zero-order valence-electron chi connectivity index (χ0n) is 20.9. The topological polar surface area (TPSA) is 121 Å². The lowest BCUT2D eigenvalue weighted by Crippen LogP contribution is -2.49. The van der Waals surface area contributed by atoms with Gasteiger partial charge < -0.3 is 9.80 Å². The molecule has 0 unspecified atom stereocenters. The van der Waals surface area contributed by atoms with Gasteiger partial charge in [0.05, 0.1) is 39.9 Å². The van der Waals surface area contributed by atoms with Crippen LogP contribution in [0.15, 0.2) is 72.8 Å².